The molecule has 14 atom stereocenters. The van der Waals surface area contributed by atoms with Gasteiger partial charge >= 0.3 is 11.9 Å². The maximum atomic E-state index is 14.0. The molecule has 2 N–H and O–H groups in total. The lowest BCUT2D eigenvalue weighted by Crippen LogP contribution is -2.84. The first-order valence-electron chi connectivity index (χ1n) is 27.5. The van der Waals surface area contributed by atoms with E-state index in [1.165, 1.54) is 0 Å². The molecule has 2 bridgehead atoms. The number of aliphatic hydroxyl groups is 1. The van der Waals surface area contributed by atoms with Gasteiger partial charge in [-0.2, -0.15) is 0 Å². The number of amides is 3. The summed E-state index contributed by atoms with van der Waals surface area (Å²) in [4.78, 5) is 71.3. The van der Waals surface area contributed by atoms with E-state index in [0.29, 0.717) is 12.8 Å². The van der Waals surface area contributed by atoms with E-state index in [9.17, 15) is 29.1 Å². The largest absolute Gasteiger partial charge is 0.458 e. The number of rotatable bonds is 19. The third-order valence-corrected chi connectivity index (χ3v) is 18.4. The number of piperazine rings is 1. The lowest BCUT2D eigenvalue weighted by atomic mass is 9.42. The van der Waals surface area contributed by atoms with Crippen molar-refractivity contribution in [3.63, 3.8) is 0 Å². The summed E-state index contributed by atoms with van der Waals surface area (Å²) >= 11 is 0. The van der Waals surface area contributed by atoms with Gasteiger partial charge < -0.3 is 62.9 Å². The van der Waals surface area contributed by atoms with Crippen LogP contribution in [0.5, 0.6) is 0 Å². The van der Waals surface area contributed by atoms with Crippen molar-refractivity contribution in [2.45, 2.75) is 157 Å². The van der Waals surface area contributed by atoms with Crippen LogP contribution in [0.15, 0.2) is 102 Å². The number of hydrogen-bond acceptors (Lipinski definition) is 15. The standard InChI is InChI=1S/C59H69N3O15/c1-35(2)58-51(76-58)52-59(77-52)56(3)24-23-39-40(34-71-53(39)68)47(56)41-29-57(59,75-41)55(58)74-46(67)22-21-45(66)62-27-25-61(26-28-62)44(65)20-19-43(64)60-48-50(70-32-37-15-9-5-10-16-37)49(69-31-36-13-7-4-8-14-36)42(30-63)73-54(48)72-33-38-17-11-6-12-18-38/h4-18,35,41-42,47-52,54-55,63H,19-34H2,1-3H3,(H,60,64)/t41?,42-,47+,48-,49-,50-,51-,52-,54?,55-,56-,57+,58-,59+/m0/s1. The van der Waals surface area contributed by atoms with E-state index in [2.05, 4.69) is 26.1 Å². The van der Waals surface area contributed by atoms with Gasteiger partial charge in [0.2, 0.25) is 17.7 Å². The normalized spacial score (nSPS) is 36.0. The average molecular weight is 1060 g/mol. The van der Waals surface area contributed by atoms with Gasteiger partial charge in [-0.15, -0.1) is 0 Å². The van der Waals surface area contributed by atoms with Crippen LogP contribution in [0, 0.1) is 17.3 Å². The Bertz CT molecular complexity index is 2750. The summed E-state index contributed by atoms with van der Waals surface area (Å²) in [5, 5.41) is 13.8. The number of nitrogens with one attached hydrogen (secondary N) is 1. The topological polar surface area (TPSA) is 214 Å². The summed E-state index contributed by atoms with van der Waals surface area (Å²) in [7, 11) is 0. The molecule has 3 aromatic carbocycles. The van der Waals surface area contributed by atoms with Gasteiger partial charge in [-0.3, -0.25) is 19.2 Å². The van der Waals surface area contributed by atoms with Gasteiger partial charge in [-0.25, -0.2) is 4.79 Å². The molecule has 3 aliphatic carbocycles. The number of carbonyl (C=O) groups is 5. The van der Waals surface area contributed by atoms with Gasteiger partial charge in [0, 0.05) is 68.8 Å². The summed E-state index contributed by atoms with van der Waals surface area (Å²) < 4.78 is 58.2. The second-order valence-corrected chi connectivity index (χ2v) is 22.8. The number of hydrogen-bond donors (Lipinski definition) is 2. The van der Waals surface area contributed by atoms with Crippen molar-refractivity contribution >= 4 is 29.7 Å². The van der Waals surface area contributed by atoms with Crippen molar-refractivity contribution in [2.75, 3.05) is 39.4 Å². The highest BCUT2D eigenvalue weighted by Crippen LogP contribution is 2.82. The van der Waals surface area contributed by atoms with Crippen LogP contribution < -0.4 is 5.32 Å². The predicted molar refractivity (Wildman–Crippen MR) is 272 cm³/mol. The van der Waals surface area contributed by atoms with Gasteiger partial charge in [-0.1, -0.05) is 112 Å². The molecule has 3 aromatic rings. The van der Waals surface area contributed by atoms with E-state index in [1.54, 1.807) is 9.80 Å². The molecule has 2 unspecified atom stereocenters. The van der Waals surface area contributed by atoms with Crippen LogP contribution in [0.1, 0.15) is 82.4 Å². The Balaban J connectivity index is 0.657. The summed E-state index contributed by atoms with van der Waals surface area (Å²) in [6.07, 6.45) is -3.50. The van der Waals surface area contributed by atoms with E-state index in [4.69, 9.17) is 42.6 Å². The van der Waals surface area contributed by atoms with Gasteiger partial charge in [0.25, 0.3) is 0 Å². The lowest BCUT2D eigenvalue weighted by Gasteiger charge is -2.70. The van der Waals surface area contributed by atoms with Crippen molar-refractivity contribution < 1.29 is 71.7 Å². The third kappa shape index (κ3) is 8.91. The van der Waals surface area contributed by atoms with Crippen molar-refractivity contribution in [3.8, 4) is 0 Å². The molecule has 2 spiro atoms. The average Bonchev–Trinajstić information content (AvgIpc) is 2.19. The van der Waals surface area contributed by atoms with Crippen LogP contribution in [-0.4, -0.2) is 156 Å². The fourth-order valence-electron chi connectivity index (χ4n) is 14.5. The second-order valence-electron chi connectivity index (χ2n) is 22.8. The first-order chi connectivity index (χ1) is 37.3. The number of carbonyl (C=O) groups excluding carboxylic acids is 5. The van der Waals surface area contributed by atoms with Gasteiger partial charge in [0.1, 0.15) is 60.0 Å². The van der Waals surface area contributed by atoms with Crippen LogP contribution in [0.2, 0.25) is 0 Å². The molecular formula is C59H69N3O15. The van der Waals surface area contributed by atoms with Crippen LogP contribution in [-0.2, 0) is 86.4 Å². The number of esters is 2. The fraction of sp³-hybridized carbons (Fsp3) is 0.576. The highest BCUT2D eigenvalue weighted by molar-refractivity contribution is 5.92. The number of aliphatic hydroxyl groups excluding tert-OH is 1. The molecule has 410 valence electrons. The van der Waals surface area contributed by atoms with Gasteiger partial charge in [0.15, 0.2) is 12.4 Å². The molecular weight excluding hydrogens is 991 g/mol. The molecule has 2 saturated carbocycles. The lowest BCUT2D eigenvalue weighted by molar-refractivity contribution is -0.367. The summed E-state index contributed by atoms with van der Waals surface area (Å²) in [6.45, 7) is 7.83. The molecule has 77 heavy (non-hydrogen) atoms. The number of fused-ring (bicyclic) bond motifs is 2. The third-order valence-electron chi connectivity index (χ3n) is 18.4. The molecule has 0 radical (unpaired) electrons. The first-order valence-corrected chi connectivity index (χ1v) is 27.5. The molecule has 0 aromatic heterocycles. The monoisotopic (exact) mass is 1060 g/mol. The molecule has 18 heteroatoms. The fourth-order valence-corrected chi connectivity index (χ4v) is 14.5. The molecule has 10 aliphatic rings. The summed E-state index contributed by atoms with van der Waals surface area (Å²) in [5.41, 5.74) is 1.65. The minimum absolute atomic E-state index is 0.00828. The van der Waals surface area contributed by atoms with Crippen LogP contribution in [0.4, 0.5) is 0 Å². The minimum atomic E-state index is -1.05. The van der Waals surface area contributed by atoms with E-state index in [-0.39, 0.29) is 132 Å². The highest BCUT2D eigenvalue weighted by atomic mass is 16.7. The molecule has 3 amide bonds. The zero-order chi connectivity index (χ0) is 53.3. The van der Waals surface area contributed by atoms with Crippen molar-refractivity contribution in [1.82, 2.24) is 15.1 Å². The smallest absolute Gasteiger partial charge is 0.334 e. The highest BCUT2D eigenvalue weighted by Gasteiger charge is 2.99. The molecule has 7 heterocycles. The Morgan fingerprint density at radius 1 is 0.740 bits per heavy atom. The van der Waals surface area contributed by atoms with Crippen LogP contribution in [0.25, 0.3) is 0 Å². The maximum absolute atomic E-state index is 14.0. The Morgan fingerprint density at radius 2 is 1.31 bits per heavy atom. The van der Waals surface area contributed by atoms with Crippen LogP contribution >= 0.6 is 0 Å². The second kappa shape index (κ2) is 20.6. The first kappa shape index (κ1) is 52.1. The SMILES string of the molecule is CC(C)[C@]12O[C@H]1[C@@H]1O[C@@]13[C@@]1(C)CCC4=C(COC4=O)[C@@H]1C1C[C@@]3(O1)[C@@H]2OC(=O)CCC(=O)N1CCN(C(=O)CCC(=O)N[C@@H]2C(OCc3ccccc3)O[C@@H](CO)[C@H](OCc3ccccc3)[C@H]2OCc2ccccc2)CC1. The molecule has 6 saturated heterocycles. The zero-order valence-corrected chi connectivity index (χ0v) is 43.9. The summed E-state index contributed by atoms with van der Waals surface area (Å²) in [6, 6.07) is 27.8. The summed E-state index contributed by atoms with van der Waals surface area (Å²) in [5.74, 6) is -1.69. The van der Waals surface area contributed by atoms with Gasteiger partial charge in [-0.05, 0) is 41.0 Å². The Hall–Kier alpha value is -5.57. The molecule has 18 nitrogen and oxygen atoms in total. The number of benzene rings is 3. The molecule has 8 fully saturated rings. The Kier molecular flexibility index (Phi) is 13.9. The Labute approximate surface area is 447 Å². The number of cyclic esters (lactones) is 1. The van der Waals surface area contributed by atoms with E-state index in [0.717, 1.165) is 34.3 Å². The van der Waals surface area contributed by atoms with E-state index < -0.39 is 72.0 Å². The van der Waals surface area contributed by atoms with Crippen molar-refractivity contribution in [3.05, 3.63) is 119 Å². The van der Waals surface area contributed by atoms with Crippen molar-refractivity contribution in [1.29, 1.82) is 0 Å². The number of nitrogens with zero attached hydrogens (tertiary/aromatic N) is 2. The predicted octanol–water partition coefficient (Wildman–Crippen LogP) is 4.47. The zero-order valence-electron chi connectivity index (χ0n) is 43.9. The van der Waals surface area contributed by atoms with Gasteiger partial charge in [0.05, 0.1) is 39.0 Å². The number of epoxide rings is 2. The minimum Gasteiger partial charge on any atom is -0.458 e. The molecule has 13 rings (SSSR count). The van der Waals surface area contributed by atoms with Crippen molar-refractivity contribution in [2.24, 2.45) is 17.3 Å². The molecule has 7 aliphatic heterocycles. The Morgan fingerprint density at radius 3 is 1.90 bits per heavy atom. The quantitative estimate of drug-likeness (QED) is 0.125. The van der Waals surface area contributed by atoms with E-state index in [1.807, 2.05) is 91.0 Å². The van der Waals surface area contributed by atoms with E-state index >= 15 is 0 Å². The maximum Gasteiger partial charge on any atom is 0.334 e. The number of ether oxygens (including phenoxy) is 9. The van der Waals surface area contributed by atoms with Crippen LogP contribution in [0.3, 0.4) is 0 Å².